The van der Waals surface area contributed by atoms with Gasteiger partial charge in [0, 0.05) is 30.5 Å². The van der Waals surface area contributed by atoms with Crippen molar-refractivity contribution < 1.29 is 19.2 Å². The van der Waals surface area contributed by atoms with E-state index in [1.54, 1.807) is 19.1 Å². The first kappa shape index (κ1) is 37.7. The van der Waals surface area contributed by atoms with E-state index in [0.29, 0.717) is 43.6 Å². The Labute approximate surface area is 294 Å². The number of aromatic nitrogens is 3. The first-order chi connectivity index (χ1) is 23.9. The molecule has 6 N–H and O–H groups in total. The van der Waals surface area contributed by atoms with Crippen LogP contribution in [0.15, 0.2) is 79.1 Å². The lowest BCUT2D eigenvalue weighted by atomic mass is 9.87. The van der Waals surface area contributed by atoms with Crippen LogP contribution in [0.4, 0.5) is 0 Å². The number of fused-ring (bicyclic) bond motifs is 1. The Balaban J connectivity index is 1.40. The summed E-state index contributed by atoms with van der Waals surface area (Å²) in [6, 6.07) is 18.0. The number of nitrogens with zero attached hydrogens (tertiary/aromatic N) is 2. The van der Waals surface area contributed by atoms with E-state index in [-0.39, 0.29) is 29.8 Å². The highest BCUT2D eigenvalue weighted by atomic mass is 16.2. The molecule has 12 nitrogen and oxygen atoms in total. The number of hydrogen-bond acceptors (Lipinski definition) is 7. The Kier molecular flexibility index (Phi) is 13.6. The average molecular weight is 683 g/mol. The topological polar surface area (TPSA) is 170 Å². The first-order valence-electron chi connectivity index (χ1n) is 17.2. The molecule has 0 aliphatic rings. The minimum atomic E-state index is -0.858. The number of pyridine rings is 1. The highest BCUT2D eigenvalue weighted by Gasteiger charge is 2.31. The van der Waals surface area contributed by atoms with Gasteiger partial charge in [0.05, 0.1) is 23.6 Å². The van der Waals surface area contributed by atoms with Gasteiger partial charge in [-0.3, -0.25) is 24.2 Å². The molecular weight excluding hydrogens is 632 g/mol. The van der Waals surface area contributed by atoms with Crippen molar-refractivity contribution in [2.75, 3.05) is 6.54 Å². The fraction of sp³-hybridized carbons (Fsp3) is 0.421. The molecule has 0 saturated carbocycles. The molecule has 4 aromatic rings. The van der Waals surface area contributed by atoms with Crippen LogP contribution >= 0.6 is 0 Å². The number of nitrogens with one attached hydrogen (secondary N) is 6. The third kappa shape index (κ3) is 11.8. The molecule has 0 fully saturated rings. The van der Waals surface area contributed by atoms with Gasteiger partial charge < -0.3 is 31.6 Å². The van der Waals surface area contributed by atoms with E-state index in [9.17, 15) is 19.2 Å². The summed E-state index contributed by atoms with van der Waals surface area (Å²) in [4.78, 5) is 65.1. The highest BCUT2D eigenvalue weighted by molar-refractivity contribution is 5.98. The van der Waals surface area contributed by atoms with Crippen LogP contribution in [0.3, 0.4) is 0 Å². The minimum Gasteiger partial charge on any atom is -0.350 e. The number of amides is 4. The number of aromatic amines is 1. The number of H-pyrrole nitrogens is 1. The number of hydrogen-bond donors (Lipinski definition) is 6. The monoisotopic (exact) mass is 682 g/mol. The summed E-state index contributed by atoms with van der Waals surface area (Å²) in [6.07, 6.45) is 4.97. The summed E-state index contributed by atoms with van der Waals surface area (Å²) in [6.45, 7) is 10.2. The summed E-state index contributed by atoms with van der Waals surface area (Å²) >= 11 is 0. The summed E-state index contributed by atoms with van der Waals surface area (Å²) in [5, 5.41) is 15.1. The molecule has 0 radical (unpaired) electrons. The maximum atomic E-state index is 13.8. The number of imidazole rings is 1. The zero-order valence-corrected chi connectivity index (χ0v) is 29.6. The Morgan fingerprint density at radius 2 is 1.50 bits per heavy atom. The van der Waals surface area contributed by atoms with Crippen LogP contribution in [0.1, 0.15) is 75.6 Å². The van der Waals surface area contributed by atoms with Gasteiger partial charge in [0.2, 0.25) is 17.7 Å². The standard InChI is InChI=1S/C38H50N8O4/c1-6-12-31(45-37(50)32(22-38(3,4)5)46-35(48)27-17-19-39-20-18-27)36(49)42-28(21-26-13-8-7-9-14-26)23-40-25(2)34(47)41-24-33-43-29-15-10-11-16-30(29)44-33/h7-11,13-20,25,28,31-32,40H,6,12,21-24H2,1-5H3,(H,41,47)(H,42,49)(H,43,44)(H,45,50)(H,46,48)/t25-,28-,31-,32?/m0/s1. The Morgan fingerprint density at radius 1 is 0.820 bits per heavy atom. The minimum absolute atomic E-state index is 0.204. The molecule has 0 spiro atoms. The Bertz CT molecular complexity index is 1670. The summed E-state index contributed by atoms with van der Waals surface area (Å²) in [7, 11) is 0. The lowest BCUT2D eigenvalue weighted by Crippen LogP contribution is -2.57. The molecule has 0 aliphatic carbocycles. The molecule has 1 unspecified atom stereocenters. The smallest absolute Gasteiger partial charge is 0.252 e. The number of para-hydroxylation sites is 2. The van der Waals surface area contributed by atoms with Gasteiger partial charge in [0.25, 0.3) is 5.91 Å². The fourth-order valence-corrected chi connectivity index (χ4v) is 5.60. The molecule has 2 heterocycles. The predicted octanol–water partition coefficient (Wildman–Crippen LogP) is 3.80. The second-order valence-corrected chi connectivity index (χ2v) is 13.8. The van der Waals surface area contributed by atoms with Crippen molar-refractivity contribution >= 4 is 34.7 Å². The first-order valence-corrected chi connectivity index (χ1v) is 17.2. The van der Waals surface area contributed by atoms with E-state index in [1.807, 2.05) is 82.3 Å². The van der Waals surface area contributed by atoms with E-state index in [1.165, 1.54) is 12.4 Å². The molecule has 266 valence electrons. The van der Waals surface area contributed by atoms with E-state index in [4.69, 9.17) is 0 Å². The third-order valence-corrected chi connectivity index (χ3v) is 8.19. The van der Waals surface area contributed by atoms with E-state index >= 15 is 0 Å². The molecule has 12 heteroatoms. The summed E-state index contributed by atoms with van der Waals surface area (Å²) in [5.41, 5.74) is 2.86. The van der Waals surface area contributed by atoms with Gasteiger partial charge in [-0.2, -0.15) is 0 Å². The largest absolute Gasteiger partial charge is 0.350 e. The lowest BCUT2D eigenvalue weighted by molar-refractivity contribution is -0.130. The Morgan fingerprint density at radius 3 is 2.18 bits per heavy atom. The number of carbonyl (C=O) groups excluding carboxylic acids is 4. The number of rotatable bonds is 17. The van der Waals surface area contributed by atoms with Crippen molar-refractivity contribution in [1.29, 1.82) is 0 Å². The fourth-order valence-electron chi connectivity index (χ4n) is 5.60. The van der Waals surface area contributed by atoms with Crippen LogP contribution in [0.25, 0.3) is 11.0 Å². The van der Waals surface area contributed by atoms with Gasteiger partial charge in [-0.25, -0.2) is 4.98 Å². The number of carbonyl (C=O) groups is 4. The zero-order chi connectivity index (χ0) is 36.1. The van der Waals surface area contributed by atoms with E-state index in [2.05, 4.69) is 41.5 Å². The third-order valence-electron chi connectivity index (χ3n) is 8.19. The maximum absolute atomic E-state index is 13.8. The van der Waals surface area contributed by atoms with Gasteiger partial charge in [0.15, 0.2) is 0 Å². The van der Waals surface area contributed by atoms with Crippen molar-refractivity contribution in [1.82, 2.24) is 41.5 Å². The highest BCUT2D eigenvalue weighted by Crippen LogP contribution is 2.21. The predicted molar refractivity (Wildman–Crippen MR) is 194 cm³/mol. The van der Waals surface area contributed by atoms with E-state index < -0.39 is 29.9 Å². The second kappa shape index (κ2) is 18.1. The molecule has 4 atom stereocenters. The van der Waals surface area contributed by atoms with Crippen molar-refractivity contribution in [3.8, 4) is 0 Å². The van der Waals surface area contributed by atoms with Crippen LogP contribution in [0, 0.1) is 5.41 Å². The molecule has 0 aliphatic heterocycles. The maximum Gasteiger partial charge on any atom is 0.252 e. The van der Waals surface area contributed by atoms with Gasteiger partial charge in [-0.05, 0) is 61.4 Å². The van der Waals surface area contributed by atoms with Gasteiger partial charge in [-0.15, -0.1) is 0 Å². The number of benzene rings is 2. The van der Waals surface area contributed by atoms with Crippen molar-refractivity contribution in [2.24, 2.45) is 5.41 Å². The van der Waals surface area contributed by atoms with Gasteiger partial charge in [-0.1, -0.05) is 76.6 Å². The van der Waals surface area contributed by atoms with Crippen LogP contribution in [0.2, 0.25) is 0 Å². The van der Waals surface area contributed by atoms with Crippen LogP contribution in [0.5, 0.6) is 0 Å². The second-order valence-electron chi connectivity index (χ2n) is 13.8. The molecule has 0 saturated heterocycles. The van der Waals surface area contributed by atoms with Crippen molar-refractivity contribution in [2.45, 2.75) is 91.0 Å². The summed E-state index contributed by atoms with van der Waals surface area (Å²) in [5.74, 6) is -0.696. The van der Waals surface area contributed by atoms with Crippen LogP contribution < -0.4 is 26.6 Å². The Hall–Kier alpha value is -5.10. The normalized spacial score (nSPS) is 13.9. The zero-order valence-electron chi connectivity index (χ0n) is 29.6. The molecule has 4 rings (SSSR count). The van der Waals surface area contributed by atoms with Crippen LogP contribution in [-0.4, -0.2) is 69.3 Å². The molecular formula is C38H50N8O4. The molecule has 2 aromatic heterocycles. The average Bonchev–Trinajstić information content (AvgIpc) is 3.52. The molecule has 50 heavy (non-hydrogen) atoms. The van der Waals surface area contributed by atoms with E-state index in [0.717, 1.165) is 16.6 Å². The molecule has 2 aromatic carbocycles. The van der Waals surface area contributed by atoms with Crippen molar-refractivity contribution in [3.63, 3.8) is 0 Å². The van der Waals surface area contributed by atoms with Gasteiger partial charge >= 0.3 is 0 Å². The SMILES string of the molecule is CCC[C@H](NC(=O)C(CC(C)(C)C)NC(=O)c1ccncc1)C(=O)N[C@H](CN[C@@H](C)C(=O)NCc1nc2ccccc2[nH]1)Cc1ccccc1. The molecule has 0 bridgehead atoms. The van der Waals surface area contributed by atoms with Crippen LogP contribution in [-0.2, 0) is 27.3 Å². The summed E-state index contributed by atoms with van der Waals surface area (Å²) < 4.78 is 0. The quantitative estimate of drug-likeness (QED) is 0.0984. The van der Waals surface area contributed by atoms with Crippen molar-refractivity contribution in [3.05, 3.63) is 96.1 Å². The molecule has 4 amide bonds. The lowest BCUT2D eigenvalue weighted by Gasteiger charge is -2.29. The van der Waals surface area contributed by atoms with Gasteiger partial charge in [0.1, 0.15) is 17.9 Å².